The number of hydrogen-bond donors (Lipinski definition) is 8. The molecule has 2 aromatic carbocycles. The number of aliphatic carboxylic acids is 2. The maximum Gasteiger partial charge on any atom is 0.335 e. The Morgan fingerprint density at radius 2 is 1.57 bits per heavy atom. The van der Waals surface area contributed by atoms with Gasteiger partial charge in [-0.25, -0.2) is 18.4 Å². The van der Waals surface area contributed by atoms with E-state index in [0.29, 0.717) is 16.8 Å². The Bertz CT molecular complexity index is 1740. The summed E-state index contributed by atoms with van der Waals surface area (Å²) in [5.74, 6) is -5.70. The molecule has 12 unspecified atom stereocenters. The molecule has 0 aromatic heterocycles. The van der Waals surface area contributed by atoms with Crippen molar-refractivity contribution in [2.75, 3.05) is 11.5 Å². The Morgan fingerprint density at radius 1 is 0.964 bits per heavy atom. The number of anilines is 1. The van der Waals surface area contributed by atoms with E-state index in [-0.39, 0.29) is 18.6 Å². The fourth-order valence-corrected chi connectivity index (χ4v) is 6.30. The van der Waals surface area contributed by atoms with E-state index in [4.69, 9.17) is 18.9 Å². The zero-order valence-electron chi connectivity index (χ0n) is 30.2. The molecule has 0 spiro atoms. The number of β-lactam (4-membered cyclic amide) rings is 1. The second-order valence-electron chi connectivity index (χ2n) is 13.2. The molecule has 2 aliphatic rings. The van der Waals surface area contributed by atoms with Crippen LogP contribution in [0.3, 0.4) is 0 Å². The maximum absolute atomic E-state index is 13.9. The molecule has 12 atom stereocenters. The summed E-state index contributed by atoms with van der Waals surface area (Å²) in [6.07, 6.45) is -13.0. The van der Waals surface area contributed by atoms with Gasteiger partial charge in [-0.1, -0.05) is 30.9 Å². The quantitative estimate of drug-likeness (QED) is 0.0432. The number of halogens is 2. The van der Waals surface area contributed by atoms with E-state index < -0.39 is 109 Å². The van der Waals surface area contributed by atoms with Crippen LogP contribution in [0.4, 0.5) is 14.5 Å². The summed E-state index contributed by atoms with van der Waals surface area (Å²) in [5.41, 5.74) is 1.17. The van der Waals surface area contributed by atoms with Gasteiger partial charge in [-0.2, -0.15) is 0 Å². The zero-order chi connectivity index (χ0) is 41.4. The number of allylic oxidation sites excluding steroid dienone is 2. The van der Waals surface area contributed by atoms with Crippen molar-refractivity contribution in [2.24, 2.45) is 5.92 Å². The van der Waals surface area contributed by atoms with Crippen LogP contribution in [-0.2, 0) is 33.3 Å². The van der Waals surface area contributed by atoms with Crippen molar-refractivity contribution in [1.29, 1.82) is 0 Å². The molecule has 18 heteroatoms. The van der Waals surface area contributed by atoms with Crippen molar-refractivity contribution in [2.45, 2.75) is 94.1 Å². The number of carbonyl (C=O) groups excluding carboxylic acids is 1. The molecular weight excluding hydrogens is 748 g/mol. The van der Waals surface area contributed by atoms with Crippen LogP contribution in [0.15, 0.2) is 84.7 Å². The third kappa shape index (κ3) is 10.4. The summed E-state index contributed by atoms with van der Waals surface area (Å²) in [7, 11) is 0. The van der Waals surface area contributed by atoms with Gasteiger partial charge in [-0.15, -0.1) is 0 Å². The molecule has 306 valence electrons. The minimum atomic E-state index is -1.98. The Morgan fingerprint density at radius 3 is 2.11 bits per heavy atom. The number of aliphatic hydroxyl groups excluding tert-OH is 6. The first-order chi connectivity index (χ1) is 26.5. The van der Waals surface area contributed by atoms with Crippen molar-refractivity contribution in [3.05, 3.63) is 102 Å². The number of carboxylic acid groups (broad SMARTS) is 2. The van der Waals surface area contributed by atoms with Crippen LogP contribution in [0.2, 0.25) is 0 Å². The van der Waals surface area contributed by atoms with Gasteiger partial charge in [0.05, 0.1) is 30.8 Å². The Balaban J connectivity index is 1.61. The molecule has 4 rings (SSSR count). The number of carbonyl (C=O) groups is 3. The minimum Gasteiger partial charge on any atom is -0.479 e. The smallest absolute Gasteiger partial charge is 0.335 e. The first-order valence-corrected chi connectivity index (χ1v) is 17.5. The summed E-state index contributed by atoms with van der Waals surface area (Å²) < 4.78 is 49.8. The standard InChI is InChI=1S/C38H45F2NO15/c1-4-20(6-5-18(2)53-37(26(44)17-42)55-32(19(3)43)35(49)50)28-25(34(48)41(28)24-13-11-23(40)12-14-24)15-16-27(21-7-9-22(39)10-8-21)54-38-31(47)29(45)30(46)33(56-38)36(51)52/h4-14,19,25-33,37-38,42-47H,2,15-17H2,1,3H3,(H,49,50)(H,51,52)/b6-5-,20-4+. The minimum absolute atomic E-state index is 0.0125. The highest BCUT2D eigenvalue weighted by Crippen LogP contribution is 2.42. The number of rotatable bonds is 19. The summed E-state index contributed by atoms with van der Waals surface area (Å²) in [6.45, 7) is 5.65. The van der Waals surface area contributed by atoms with Gasteiger partial charge in [-0.3, -0.25) is 4.79 Å². The molecule has 2 aromatic rings. The molecule has 2 saturated heterocycles. The van der Waals surface area contributed by atoms with Gasteiger partial charge in [0.25, 0.3) is 0 Å². The van der Waals surface area contributed by atoms with Crippen molar-refractivity contribution in [3.8, 4) is 0 Å². The van der Waals surface area contributed by atoms with E-state index >= 15 is 0 Å². The molecule has 56 heavy (non-hydrogen) atoms. The van der Waals surface area contributed by atoms with Gasteiger partial charge in [0.1, 0.15) is 41.8 Å². The summed E-state index contributed by atoms with van der Waals surface area (Å²) in [5, 5.41) is 79.6. The highest BCUT2D eigenvalue weighted by atomic mass is 19.1. The average molecular weight is 794 g/mol. The first kappa shape index (κ1) is 44.1. The fraction of sp³-hybridized carbons (Fsp3) is 0.447. The van der Waals surface area contributed by atoms with Crippen LogP contribution >= 0.6 is 0 Å². The number of aliphatic hydroxyl groups is 6. The van der Waals surface area contributed by atoms with Crippen LogP contribution in [0.5, 0.6) is 0 Å². The third-order valence-electron chi connectivity index (χ3n) is 9.28. The number of carboxylic acids is 2. The predicted octanol–water partition coefficient (Wildman–Crippen LogP) is 1.29. The molecule has 1 amide bonds. The lowest BCUT2D eigenvalue weighted by Crippen LogP contribution is -2.62. The lowest BCUT2D eigenvalue weighted by Gasteiger charge is -2.48. The molecule has 2 fully saturated rings. The molecule has 0 aliphatic carbocycles. The largest absolute Gasteiger partial charge is 0.479 e. The van der Waals surface area contributed by atoms with Crippen molar-refractivity contribution < 1.29 is 83.0 Å². The third-order valence-corrected chi connectivity index (χ3v) is 9.28. The van der Waals surface area contributed by atoms with Crippen molar-refractivity contribution in [1.82, 2.24) is 0 Å². The lowest BCUT2D eigenvalue weighted by molar-refractivity contribution is -0.306. The van der Waals surface area contributed by atoms with E-state index in [1.54, 1.807) is 13.0 Å². The molecule has 0 saturated carbocycles. The molecule has 2 heterocycles. The molecular formula is C38H45F2NO15. The van der Waals surface area contributed by atoms with Crippen LogP contribution in [0, 0.1) is 17.6 Å². The second-order valence-corrected chi connectivity index (χ2v) is 13.2. The second kappa shape index (κ2) is 19.5. The van der Waals surface area contributed by atoms with E-state index in [0.717, 1.165) is 19.1 Å². The SMILES string of the molecule is C=C(/C=C\C(=C/C)C1C(CCC(OC2OC(C(=O)O)C(O)C(O)C2O)c2ccc(F)cc2)C(=O)N1c1ccc(F)cc1)OC(OC(C(=O)O)C(C)O)C(O)CO. The monoisotopic (exact) mass is 793 g/mol. The molecule has 0 radical (unpaired) electrons. The Kier molecular flexibility index (Phi) is 15.3. The summed E-state index contributed by atoms with van der Waals surface area (Å²) in [6, 6.07) is 9.42. The number of benzene rings is 2. The first-order valence-electron chi connectivity index (χ1n) is 17.5. The average Bonchev–Trinajstić information content (AvgIpc) is 3.16. The zero-order valence-corrected chi connectivity index (χ0v) is 30.2. The van der Waals surface area contributed by atoms with Crippen molar-refractivity contribution >= 4 is 23.5 Å². The number of nitrogens with zero attached hydrogens (tertiary/aromatic N) is 1. The Labute approximate surface area is 319 Å². The summed E-state index contributed by atoms with van der Waals surface area (Å²) in [4.78, 5) is 38.5. The van der Waals surface area contributed by atoms with Gasteiger partial charge in [0.15, 0.2) is 18.5 Å². The van der Waals surface area contributed by atoms with E-state index in [1.165, 1.54) is 53.5 Å². The summed E-state index contributed by atoms with van der Waals surface area (Å²) >= 11 is 0. The highest BCUT2D eigenvalue weighted by Gasteiger charge is 2.50. The van der Waals surface area contributed by atoms with Crippen molar-refractivity contribution in [3.63, 3.8) is 0 Å². The Hall–Kier alpha value is -4.63. The van der Waals surface area contributed by atoms with Gasteiger partial charge < -0.3 is 64.7 Å². The van der Waals surface area contributed by atoms with Crippen LogP contribution in [0.1, 0.15) is 38.4 Å². The van der Waals surface area contributed by atoms with Gasteiger partial charge in [0.2, 0.25) is 12.2 Å². The molecule has 2 aliphatic heterocycles. The molecule has 8 N–H and O–H groups in total. The topological polar surface area (TPSA) is 253 Å². The van der Waals surface area contributed by atoms with E-state index in [1.807, 2.05) is 0 Å². The van der Waals surface area contributed by atoms with Gasteiger partial charge in [-0.05, 0) is 80.3 Å². The molecule has 0 bridgehead atoms. The van der Waals surface area contributed by atoms with Crippen LogP contribution in [0.25, 0.3) is 0 Å². The van der Waals surface area contributed by atoms with Gasteiger partial charge >= 0.3 is 11.9 Å². The fourth-order valence-electron chi connectivity index (χ4n) is 6.30. The number of ether oxygens (including phenoxy) is 4. The van der Waals surface area contributed by atoms with E-state index in [9.17, 15) is 64.0 Å². The van der Waals surface area contributed by atoms with Crippen LogP contribution < -0.4 is 4.90 Å². The van der Waals surface area contributed by atoms with Gasteiger partial charge in [0, 0.05) is 5.69 Å². The highest BCUT2D eigenvalue weighted by molar-refractivity contribution is 6.04. The molecule has 16 nitrogen and oxygen atoms in total. The lowest BCUT2D eigenvalue weighted by atomic mass is 9.77. The predicted molar refractivity (Wildman–Crippen MR) is 189 cm³/mol. The number of amides is 1. The number of hydrogen-bond acceptors (Lipinski definition) is 13. The maximum atomic E-state index is 13.9. The normalized spacial score (nSPS) is 26.9. The van der Waals surface area contributed by atoms with Crippen LogP contribution in [-0.4, -0.2) is 127 Å². The van der Waals surface area contributed by atoms with E-state index in [2.05, 4.69) is 6.58 Å².